The molecule has 0 fully saturated rings. The van der Waals surface area contributed by atoms with Crippen molar-refractivity contribution in [2.45, 2.75) is 26.2 Å². The largest absolute Gasteiger partial charge is 0.493 e. The summed E-state index contributed by atoms with van der Waals surface area (Å²) in [4.78, 5) is 25.1. The molecular formula is C28H30N2O6. The van der Waals surface area contributed by atoms with E-state index in [9.17, 15) is 9.59 Å². The van der Waals surface area contributed by atoms with Gasteiger partial charge in [0.2, 0.25) is 5.75 Å². The molecule has 3 rings (SSSR count). The molecule has 1 N–H and O–H groups in total. The Morgan fingerprint density at radius 3 is 2.03 bits per heavy atom. The van der Waals surface area contributed by atoms with E-state index in [2.05, 4.69) is 31.3 Å². The van der Waals surface area contributed by atoms with E-state index < -0.39 is 5.97 Å². The van der Waals surface area contributed by atoms with Gasteiger partial charge in [0, 0.05) is 5.56 Å². The second-order valence-corrected chi connectivity index (χ2v) is 8.90. The number of nitrogens with zero attached hydrogens (tertiary/aromatic N) is 1. The van der Waals surface area contributed by atoms with Crippen LogP contribution in [0.25, 0.3) is 0 Å². The first-order valence-corrected chi connectivity index (χ1v) is 11.2. The summed E-state index contributed by atoms with van der Waals surface area (Å²) in [6.45, 7) is 6.34. The molecule has 0 aromatic heterocycles. The van der Waals surface area contributed by atoms with Crippen LogP contribution in [0.1, 0.15) is 52.6 Å². The lowest BCUT2D eigenvalue weighted by molar-refractivity contribution is 0.0733. The molecule has 0 aliphatic carbocycles. The highest BCUT2D eigenvalue weighted by Crippen LogP contribution is 2.38. The maximum Gasteiger partial charge on any atom is 0.343 e. The summed E-state index contributed by atoms with van der Waals surface area (Å²) >= 11 is 0. The number of benzene rings is 3. The molecule has 8 heteroatoms. The zero-order valence-corrected chi connectivity index (χ0v) is 21.2. The molecule has 36 heavy (non-hydrogen) atoms. The number of hydrazone groups is 1. The minimum absolute atomic E-state index is 0.00709. The molecule has 0 spiro atoms. The first-order chi connectivity index (χ1) is 17.2. The number of carbonyl (C=O) groups excluding carboxylic acids is 2. The molecule has 0 saturated heterocycles. The fourth-order valence-electron chi connectivity index (χ4n) is 3.37. The SMILES string of the molecule is COc1cc(C(=O)Oc2cccc(/C=N/NC(=O)c3ccc(C(C)(C)C)cc3)c2)cc(OC)c1OC. The molecule has 0 aliphatic rings. The minimum atomic E-state index is -0.602. The van der Waals surface area contributed by atoms with E-state index in [-0.39, 0.29) is 16.9 Å². The Balaban J connectivity index is 1.67. The van der Waals surface area contributed by atoms with Crippen molar-refractivity contribution in [3.63, 3.8) is 0 Å². The fraction of sp³-hybridized carbons (Fsp3) is 0.250. The van der Waals surface area contributed by atoms with Gasteiger partial charge in [-0.3, -0.25) is 4.79 Å². The van der Waals surface area contributed by atoms with Crippen LogP contribution >= 0.6 is 0 Å². The lowest BCUT2D eigenvalue weighted by Crippen LogP contribution is -2.18. The second kappa shape index (κ2) is 11.4. The van der Waals surface area contributed by atoms with Gasteiger partial charge in [-0.15, -0.1) is 0 Å². The summed E-state index contributed by atoms with van der Waals surface area (Å²) in [6, 6.07) is 17.2. The van der Waals surface area contributed by atoms with Crippen molar-refractivity contribution >= 4 is 18.1 Å². The number of esters is 1. The summed E-state index contributed by atoms with van der Waals surface area (Å²) in [7, 11) is 4.42. The van der Waals surface area contributed by atoms with Gasteiger partial charge in [-0.05, 0) is 52.9 Å². The fourth-order valence-corrected chi connectivity index (χ4v) is 3.37. The standard InChI is InChI=1S/C28H30N2O6/c1-28(2,3)21-12-10-19(11-13-21)26(31)30-29-17-18-8-7-9-22(14-18)36-27(32)20-15-23(33-4)25(35-6)24(16-20)34-5/h7-17H,1-6H3,(H,30,31)/b29-17+. The molecule has 8 nitrogen and oxygen atoms in total. The topological polar surface area (TPSA) is 95.5 Å². The second-order valence-electron chi connectivity index (χ2n) is 8.90. The van der Waals surface area contributed by atoms with Crippen LogP contribution in [0.15, 0.2) is 65.8 Å². The molecule has 0 radical (unpaired) electrons. The van der Waals surface area contributed by atoms with Crippen LogP contribution in [0.5, 0.6) is 23.0 Å². The maximum absolute atomic E-state index is 12.7. The Bertz CT molecular complexity index is 1230. The van der Waals surface area contributed by atoms with Crippen molar-refractivity contribution in [1.29, 1.82) is 0 Å². The zero-order chi connectivity index (χ0) is 26.3. The third-order valence-electron chi connectivity index (χ3n) is 5.36. The van der Waals surface area contributed by atoms with Gasteiger partial charge in [0.05, 0.1) is 33.1 Å². The van der Waals surface area contributed by atoms with Crippen molar-refractivity contribution in [1.82, 2.24) is 5.43 Å². The molecule has 0 unspecified atom stereocenters. The van der Waals surface area contributed by atoms with Gasteiger partial charge in [-0.25, -0.2) is 10.2 Å². The molecule has 0 atom stereocenters. The Morgan fingerprint density at radius 2 is 1.47 bits per heavy atom. The van der Waals surface area contributed by atoms with Crippen molar-refractivity contribution < 1.29 is 28.5 Å². The molecule has 1 amide bonds. The van der Waals surface area contributed by atoms with Gasteiger partial charge in [0.15, 0.2) is 11.5 Å². The maximum atomic E-state index is 12.7. The van der Waals surface area contributed by atoms with Crippen molar-refractivity contribution in [3.05, 3.63) is 82.9 Å². The summed E-state index contributed by atoms with van der Waals surface area (Å²) < 4.78 is 21.4. The highest BCUT2D eigenvalue weighted by molar-refractivity contribution is 5.95. The van der Waals surface area contributed by atoms with Crippen molar-refractivity contribution in [3.8, 4) is 23.0 Å². The van der Waals surface area contributed by atoms with E-state index in [4.69, 9.17) is 18.9 Å². The predicted octanol–water partition coefficient (Wildman–Crippen LogP) is 4.99. The normalized spacial score (nSPS) is 11.2. The third kappa shape index (κ3) is 6.41. The van der Waals surface area contributed by atoms with E-state index in [1.807, 2.05) is 12.1 Å². The van der Waals surface area contributed by atoms with Crippen LogP contribution in [0.3, 0.4) is 0 Å². The summed E-state index contributed by atoms with van der Waals surface area (Å²) in [5, 5.41) is 4.02. The van der Waals surface area contributed by atoms with Crippen LogP contribution in [0.4, 0.5) is 0 Å². The van der Waals surface area contributed by atoms with Crippen LogP contribution in [-0.4, -0.2) is 39.4 Å². The van der Waals surface area contributed by atoms with Gasteiger partial charge in [0.1, 0.15) is 5.75 Å². The molecular weight excluding hydrogens is 460 g/mol. The van der Waals surface area contributed by atoms with Crippen LogP contribution in [-0.2, 0) is 5.41 Å². The number of amides is 1. The number of ether oxygens (including phenoxy) is 4. The summed E-state index contributed by atoms with van der Waals surface area (Å²) in [6.07, 6.45) is 1.47. The smallest absolute Gasteiger partial charge is 0.343 e. The first-order valence-electron chi connectivity index (χ1n) is 11.2. The van der Waals surface area contributed by atoms with E-state index in [0.717, 1.165) is 5.56 Å². The zero-order valence-electron chi connectivity index (χ0n) is 21.2. The Morgan fingerprint density at radius 1 is 0.833 bits per heavy atom. The summed E-state index contributed by atoms with van der Waals surface area (Å²) in [5.74, 6) is 0.442. The number of hydrogen-bond donors (Lipinski definition) is 1. The Labute approximate surface area is 210 Å². The van der Waals surface area contributed by atoms with Crippen molar-refractivity contribution in [2.75, 3.05) is 21.3 Å². The number of carbonyl (C=O) groups is 2. The molecule has 0 aliphatic heterocycles. The highest BCUT2D eigenvalue weighted by atomic mass is 16.5. The molecule has 0 saturated carbocycles. The molecule has 3 aromatic carbocycles. The van der Waals surface area contributed by atoms with Gasteiger partial charge in [-0.2, -0.15) is 5.10 Å². The van der Waals surface area contributed by atoms with Crippen LogP contribution in [0, 0.1) is 0 Å². The van der Waals surface area contributed by atoms with Gasteiger partial charge >= 0.3 is 5.97 Å². The van der Waals surface area contributed by atoms with Crippen molar-refractivity contribution in [2.24, 2.45) is 5.10 Å². The lowest BCUT2D eigenvalue weighted by atomic mass is 9.87. The van der Waals surface area contributed by atoms with E-state index >= 15 is 0 Å². The molecule has 3 aromatic rings. The van der Waals surface area contributed by atoms with Crippen LogP contribution in [0.2, 0.25) is 0 Å². The number of methoxy groups -OCH3 is 3. The van der Waals surface area contributed by atoms with E-state index in [0.29, 0.717) is 34.1 Å². The highest BCUT2D eigenvalue weighted by Gasteiger charge is 2.18. The average Bonchev–Trinajstić information content (AvgIpc) is 2.87. The quantitative estimate of drug-likeness (QED) is 0.207. The Hall–Kier alpha value is -4.33. The molecule has 0 heterocycles. The van der Waals surface area contributed by atoms with Gasteiger partial charge < -0.3 is 18.9 Å². The number of hydrogen-bond acceptors (Lipinski definition) is 7. The Kier molecular flexibility index (Phi) is 8.32. The summed E-state index contributed by atoms with van der Waals surface area (Å²) in [5.41, 5.74) is 5.03. The van der Waals surface area contributed by atoms with E-state index in [1.54, 1.807) is 36.4 Å². The average molecular weight is 491 g/mol. The predicted molar refractivity (Wildman–Crippen MR) is 138 cm³/mol. The minimum Gasteiger partial charge on any atom is -0.493 e. The lowest BCUT2D eigenvalue weighted by Gasteiger charge is -2.18. The van der Waals surface area contributed by atoms with Crippen LogP contribution < -0.4 is 24.4 Å². The first kappa shape index (κ1) is 26.3. The third-order valence-corrected chi connectivity index (χ3v) is 5.36. The van der Waals surface area contributed by atoms with E-state index in [1.165, 1.54) is 39.7 Å². The van der Waals surface area contributed by atoms with Gasteiger partial charge in [0.25, 0.3) is 5.91 Å². The number of nitrogens with one attached hydrogen (secondary N) is 1. The molecule has 0 bridgehead atoms. The van der Waals surface area contributed by atoms with Gasteiger partial charge in [-0.1, -0.05) is 45.0 Å². The monoisotopic (exact) mass is 490 g/mol. The molecule has 188 valence electrons. The number of rotatable bonds is 8.